The van der Waals surface area contributed by atoms with Gasteiger partial charge in [-0.2, -0.15) is 13.2 Å². The average molecular weight is 339 g/mol. The number of hydrogen-bond donors (Lipinski definition) is 0. The first-order valence-electron chi connectivity index (χ1n) is 5.96. The van der Waals surface area contributed by atoms with E-state index in [1.54, 1.807) is 13.8 Å². The number of nitro groups is 1. The first-order valence-corrected chi connectivity index (χ1v) is 7.27. The van der Waals surface area contributed by atoms with E-state index in [4.69, 9.17) is 4.74 Å². The average Bonchev–Trinajstić information content (AvgIpc) is 2.35. The predicted molar refractivity (Wildman–Crippen MR) is 70.6 cm³/mol. The lowest BCUT2D eigenvalue weighted by Crippen LogP contribution is -2.19. The third-order valence-electron chi connectivity index (χ3n) is 2.34. The Kier molecular flexibility index (Phi) is 5.64. The van der Waals surface area contributed by atoms with Gasteiger partial charge in [0.25, 0.3) is 5.69 Å². The Bertz CT molecular complexity index is 615. The van der Waals surface area contributed by atoms with E-state index in [0.717, 1.165) is 6.07 Å². The molecule has 0 aliphatic carbocycles. The Morgan fingerprint density at radius 2 is 2.00 bits per heavy atom. The van der Waals surface area contributed by atoms with Gasteiger partial charge in [0, 0.05) is 6.07 Å². The van der Waals surface area contributed by atoms with Gasteiger partial charge in [0.15, 0.2) is 0 Å². The van der Waals surface area contributed by atoms with Gasteiger partial charge in [0.05, 0.1) is 27.4 Å². The summed E-state index contributed by atoms with van der Waals surface area (Å²) in [5.41, 5.74) is -2.18. The number of rotatable bonds is 5. The van der Waals surface area contributed by atoms with E-state index in [1.165, 1.54) is 0 Å². The highest BCUT2D eigenvalue weighted by molar-refractivity contribution is 7.85. The van der Waals surface area contributed by atoms with Crippen LogP contribution in [0, 0.1) is 10.1 Å². The Balaban J connectivity index is 3.11. The highest BCUT2D eigenvalue weighted by Gasteiger charge is 2.34. The molecule has 6 nitrogen and oxygen atoms in total. The van der Waals surface area contributed by atoms with Crippen LogP contribution in [-0.4, -0.2) is 27.0 Å². The van der Waals surface area contributed by atoms with Crippen LogP contribution in [0.2, 0.25) is 0 Å². The number of carbonyl (C=O) groups excluding carboxylic acids is 1. The molecule has 0 N–H and O–H groups in total. The molecule has 22 heavy (non-hydrogen) atoms. The van der Waals surface area contributed by atoms with Crippen molar-refractivity contribution in [1.82, 2.24) is 0 Å². The predicted octanol–water partition coefficient (Wildman–Crippen LogP) is 2.67. The van der Waals surface area contributed by atoms with Crippen molar-refractivity contribution in [1.29, 1.82) is 0 Å². The van der Waals surface area contributed by atoms with Crippen molar-refractivity contribution in [2.24, 2.45) is 0 Å². The summed E-state index contributed by atoms with van der Waals surface area (Å²) in [7, 11) is -2.18. The van der Waals surface area contributed by atoms with Crippen molar-refractivity contribution in [2.45, 2.75) is 31.0 Å². The van der Waals surface area contributed by atoms with Crippen LogP contribution in [-0.2, 0) is 26.5 Å². The van der Waals surface area contributed by atoms with Crippen LogP contribution < -0.4 is 0 Å². The maximum Gasteiger partial charge on any atom is 0.416 e. The molecule has 1 atom stereocenters. The molecule has 0 saturated heterocycles. The molecule has 0 saturated carbocycles. The van der Waals surface area contributed by atoms with E-state index >= 15 is 0 Å². The summed E-state index contributed by atoms with van der Waals surface area (Å²) in [6.07, 6.45) is -5.23. The highest BCUT2D eigenvalue weighted by Crippen LogP contribution is 2.34. The number of ether oxygens (including phenoxy) is 1. The number of carbonyl (C=O) groups is 1. The Labute approximate surface area is 125 Å². The molecule has 0 aliphatic heterocycles. The van der Waals surface area contributed by atoms with Gasteiger partial charge in [-0.05, 0) is 26.0 Å². The molecule has 1 aromatic rings. The minimum atomic E-state index is -4.76. The maximum atomic E-state index is 12.5. The van der Waals surface area contributed by atoms with Crippen LogP contribution in [0.3, 0.4) is 0 Å². The fraction of sp³-hybridized carbons (Fsp3) is 0.417. The number of nitrogens with zero attached hydrogens (tertiary/aromatic N) is 1. The zero-order valence-corrected chi connectivity index (χ0v) is 12.4. The maximum absolute atomic E-state index is 12.5. The molecular weight excluding hydrogens is 327 g/mol. The molecule has 0 aliphatic rings. The summed E-state index contributed by atoms with van der Waals surface area (Å²) in [6.45, 7) is 3.11. The van der Waals surface area contributed by atoms with Gasteiger partial charge in [-0.1, -0.05) is 0 Å². The molecule has 1 rings (SSSR count). The summed E-state index contributed by atoms with van der Waals surface area (Å²) < 4.78 is 54.3. The Morgan fingerprint density at radius 1 is 1.41 bits per heavy atom. The van der Waals surface area contributed by atoms with Crippen molar-refractivity contribution >= 4 is 22.5 Å². The number of halogens is 3. The standard InChI is InChI=1S/C12H12F3NO5S/c1-7(2)21-11(17)6-22(20)10-4-3-8(12(13,14)15)5-9(10)16(18)19/h3-5,7H,6H2,1-2H3/t22-/m0/s1. The van der Waals surface area contributed by atoms with Crippen LogP contribution in [0.15, 0.2) is 23.1 Å². The van der Waals surface area contributed by atoms with Gasteiger partial charge < -0.3 is 4.74 Å². The molecule has 0 bridgehead atoms. The van der Waals surface area contributed by atoms with Crippen molar-refractivity contribution in [3.05, 3.63) is 33.9 Å². The Morgan fingerprint density at radius 3 is 2.45 bits per heavy atom. The third kappa shape index (κ3) is 4.79. The molecule has 0 heterocycles. The molecular formula is C12H12F3NO5S. The van der Waals surface area contributed by atoms with Crippen LogP contribution >= 0.6 is 0 Å². The second-order valence-electron chi connectivity index (χ2n) is 4.47. The van der Waals surface area contributed by atoms with Crippen molar-refractivity contribution in [3.8, 4) is 0 Å². The lowest BCUT2D eigenvalue weighted by Gasteiger charge is -2.10. The SMILES string of the molecule is CC(C)OC(=O)C[S@](=O)c1ccc(C(F)(F)F)cc1[N+](=O)[O-]. The molecule has 1 aromatic carbocycles. The molecule has 0 spiro atoms. The van der Waals surface area contributed by atoms with Crippen LogP contribution in [0.5, 0.6) is 0 Å². The lowest BCUT2D eigenvalue weighted by atomic mass is 10.2. The highest BCUT2D eigenvalue weighted by atomic mass is 32.2. The van der Waals surface area contributed by atoms with Crippen LogP contribution in [0.25, 0.3) is 0 Å². The fourth-order valence-electron chi connectivity index (χ4n) is 1.51. The van der Waals surface area contributed by atoms with Crippen molar-refractivity contribution in [3.63, 3.8) is 0 Å². The number of benzene rings is 1. The number of esters is 1. The van der Waals surface area contributed by atoms with Crippen molar-refractivity contribution < 1.29 is 31.8 Å². The minimum Gasteiger partial charge on any atom is -0.462 e. The van der Waals surface area contributed by atoms with Gasteiger partial charge in [0.2, 0.25) is 0 Å². The van der Waals surface area contributed by atoms with Gasteiger partial charge in [-0.15, -0.1) is 0 Å². The first kappa shape index (κ1) is 18.1. The quantitative estimate of drug-likeness (QED) is 0.468. The summed E-state index contributed by atoms with van der Waals surface area (Å²) in [4.78, 5) is 20.7. The lowest BCUT2D eigenvalue weighted by molar-refractivity contribution is -0.388. The molecule has 0 unspecified atom stereocenters. The molecule has 0 aromatic heterocycles. The van der Waals surface area contributed by atoms with E-state index in [9.17, 15) is 32.3 Å². The van der Waals surface area contributed by atoms with Crippen molar-refractivity contribution in [2.75, 3.05) is 5.75 Å². The number of nitro benzene ring substituents is 1. The van der Waals surface area contributed by atoms with E-state index in [1.807, 2.05) is 0 Å². The van der Waals surface area contributed by atoms with Gasteiger partial charge >= 0.3 is 12.1 Å². The second-order valence-corrected chi connectivity index (χ2v) is 5.89. The zero-order chi connectivity index (χ0) is 17.1. The van der Waals surface area contributed by atoms with Gasteiger partial charge in [0.1, 0.15) is 10.6 Å². The molecule has 0 radical (unpaired) electrons. The minimum absolute atomic E-state index is 0.293. The second kappa shape index (κ2) is 6.86. The number of hydrogen-bond acceptors (Lipinski definition) is 5. The monoisotopic (exact) mass is 339 g/mol. The normalized spacial score (nSPS) is 13.0. The summed E-state index contributed by atoms with van der Waals surface area (Å²) in [5, 5.41) is 10.9. The molecule has 0 amide bonds. The summed E-state index contributed by atoms with van der Waals surface area (Å²) >= 11 is 0. The molecule has 0 fully saturated rings. The van der Waals surface area contributed by atoms with Gasteiger partial charge in [-0.25, -0.2) is 0 Å². The smallest absolute Gasteiger partial charge is 0.416 e. The first-order chi connectivity index (χ1) is 10.0. The van der Waals surface area contributed by atoms with E-state index in [0.29, 0.717) is 12.1 Å². The summed E-state index contributed by atoms with van der Waals surface area (Å²) in [5.74, 6) is -1.53. The zero-order valence-electron chi connectivity index (χ0n) is 11.5. The summed E-state index contributed by atoms with van der Waals surface area (Å²) in [6, 6.07) is 1.61. The largest absolute Gasteiger partial charge is 0.462 e. The third-order valence-corrected chi connectivity index (χ3v) is 3.68. The van der Waals surface area contributed by atoms with E-state index in [-0.39, 0.29) is 0 Å². The van der Waals surface area contributed by atoms with Crippen LogP contribution in [0.4, 0.5) is 18.9 Å². The molecule has 10 heteroatoms. The van der Waals surface area contributed by atoms with Crippen LogP contribution in [0.1, 0.15) is 19.4 Å². The van der Waals surface area contributed by atoms with Gasteiger partial charge in [-0.3, -0.25) is 19.1 Å². The Hall–Kier alpha value is -1.97. The topological polar surface area (TPSA) is 86.5 Å². The van der Waals surface area contributed by atoms with E-state index < -0.39 is 55.9 Å². The fourth-order valence-corrected chi connectivity index (χ4v) is 2.53. The van der Waals surface area contributed by atoms with E-state index in [2.05, 4.69) is 0 Å². The molecule has 122 valence electrons. The number of alkyl halides is 3.